The lowest BCUT2D eigenvalue weighted by atomic mass is 10.1. The van der Waals surface area contributed by atoms with E-state index in [1.807, 2.05) is 0 Å². The van der Waals surface area contributed by atoms with Gasteiger partial charge < -0.3 is 9.64 Å². The number of rotatable bonds is 2. The van der Waals surface area contributed by atoms with Gasteiger partial charge in [0.25, 0.3) is 5.91 Å². The minimum absolute atomic E-state index is 0.133. The number of hydrogen-bond donors (Lipinski definition) is 0. The molecule has 18 heavy (non-hydrogen) atoms. The summed E-state index contributed by atoms with van der Waals surface area (Å²) >= 11 is 5.77. The smallest absolute Gasteiger partial charge is 0.267 e. The standard InChI is InChI=1S/C13H14ClNO3/c1-7(14)12(16)9-4-5-11-10(6-9)15(3)13(17)8(2)18-11/h4-8H,1-3H3/t7-,8+/m1/s1. The molecule has 1 amide bonds. The van der Waals surface area contributed by atoms with E-state index in [0.29, 0.717) is 17.0 Å². The van der Waals surface area contributed by atoms with Gasteiger partial charge in [0.15, 0.2) is 11.9 Å². The Balaban J connectivity index is 2.44. The maximum atomic E-state index is 11.8. The monoisotopic (exact) mass is 267 g/mol. The minimum atomic E-state index is -0.590. The summed E-state index contributed by atoms with van der Waals surface area (Å²) in [6, 6.07) is 5.00. The first-order chi connectivity index (χ1) is 8.41. The Labute approximate surface area is 110 Å². The first-order valence-electron chi connectivity index (χ1n) is 5.68. The van der Waals surface area contributed by atoms with Crippen molar-refractivity contribution in [3.05, 3.63) is 23.8 Å². The summed E-state index contributed by atoms with van der Waals surface area (Å²) in [5.41, 5.74) is 1.08. The third kappa shape index (κ3) is 2.08. The van der Waals surface area contributed by atoms with Crippen LogP contribution in [-0.4, -0.2) is 30.2 Å². The highest BCUT2D eigenvalue weighted by Gasteiger charge is 2.29. The molecule has 0 saturated carbocycles. The number of ketones is 1. The Morgan fingerprint density at radius 1 is 1.50 bits per heavy atom. The van der Waals surface area contributed by atoms with Crippen molar-refractivity contribution in [3.8, 4) is 5.75 Å². The number of Topliss-reactive ketones (excluding diaryl/α,β-unsaturated/α-hetero) is 1. The van der Waals surface area contributed by atoms with Gasteiger partial charge in [-0.1, -0.05) is 0 Å². The number of carbonyl (C=O) groups excluding carboxylic acids is 2. The second-order valence-electron chi connectivity index (χ2n) is 4.32. The van der Waals surface area contributed by atoms with Gasteiger partial charge in [0, 0.05) is 12.6 Å². The molecule has 0 aromatic heterocycles. The molecule has 0 saturated heterocycles. The molecule has 1 heterocycles. The van der Waals surface area contributed by atoms with Crippen LogP contribution >= 0.6 is 11.6 Å². The van der Waals surface area contributed by atoms with Gasteiger partial charge >= 0.3 is 0 Å². The van der Waals surface area contributed by atoms with Crippen molar-refractivity contribution in [2.75, 3.05) is 11.9 Å². The topological polar surface area (TPSA) is 46.6 Å². The van der Waals surface area contributed by atoms with Crippen molar-refractivity contribution in [3.63, 3.8) is 0 Å². The van der Waals surface area contributed by atoms with Crippen molar-refractivity contribution in [2.24, 2.45) is 0 Å². The van der Waals surface area contributed by atoms with E-state index >= 15 is 0 Å². The minimum Gasteiger partial charge on any atom is -0.479 e. The molecular formula is C13H14ClNO3. The number of halogens is 1. The Kier molecular flexibility index (Phi) is 3.30. The molecule has 4 nitrogen and oxygen atoms in total. The Hall–Kier alpha value is -1.55. The van der Waals surface area contributed by atoms with Crippen LogP contribution < -0.4 is 9.64 Å². The molecule has 1 aliphatic heterocycles. The summed E-state index contributed by atoms with van der Waals surface area (Å²) in [7, 11) is 1.67. The van der Waals surface area contributed by atoms with Crippen LogP contribution in [0.2, 0.25) is 0 Å². The number of alkyl halides is 1. The second-order valence-corrected chi connectivity index (χ2v) is 4.97. The van der Waals surface area contributed by atoms with Crippen LogP contribution in [-0.2, 0) is 4.79 Å². The molecule has 96 valence electrons. The van der Waals surface area contributed by atoms with Crippen LogP contribution in [0.4, 0.5) is 5.69 Å². The molecule has 0 fully saturated rings. The number of amides is 1. The van der Waals surface area contributed by atoms with E-state index in [1.54, 1.807) is 39.1 Å². The number of anilines is 1. The summed E-state index contributed by atoms with van der Waals surface area (Å²) in [5, 5.41) is -0.590. The lowest BCUT2D eigenvalue weighted by Crippen LogP contribution is -2.42. The maximum Gasteiger partial charge on any atom is 0.267 e. The van der Waals surface area contributed by atoms with Crippen molar-refractivity contribution in [2.45, 2.75) is 25.3 Å². The van der Waals surface area contributed by atoms with Crippen molar-refractivity contribution < 1.29 is 14.3 Å². The molecule has 0 N–H and O–H groups in total. The molecule has 2 rings (SSSR count). The van der Waals surface area contributed by atoms with E-state index in [4.69, 9.17) is 16.3 Å². The Bertz CT molecular complexity index is 513. The fourth-order valence-electron chi connectivity index (χ4n) is 1.89. The van der Waals surface area contributed by atoms with Crippen molar-refractivity contribution in [1.82, 2.24) is 0 Å². The quantitative estimate of drug-likeness (QED) is 0.610. The zero-order valence-corrected chi connectivity index (χ0v) is 11.2. The third-order valence-electron chi connectivity index (χ3n) is 2.95. The molecule has 1 aliphatic rings. The first kappa shape index (κ1) is 12.9. The van der Waals surface area contributed by atoms with E-state index in [1.165, 1.54) is 4.90 Å². The summed E-state index contributed by atoms with van der Waals surface area (Å²) in [4.78, 5) is 25.1. The lowest BCUT2D eigenvalue weighted by molar-refractivity contribution is -0.125. The summed E-state index contributed by atoms with van der Waals surface area (Å²) in [6.07, 6.45) is -0.504. The summed E-state index contributed by atoms with van der Waals surface area (Å²) < 4.78 is 5.47. The lowest BCUT2D eigenvalue weighted by Gasteiger charge is -2.30. The van der Waals surface area contributed by atoms with Gasteiger partial charge in [0.2, 0.25) is 0 Å². The number of nitrogens with zero attached hydrogens (tertiary/aromatic N) is 1. The predicted molar refractivity (Wildman–Crippen MR) is 69.6 cm³/mol. The number of hydrogen-bond acceptors (Lipinski definition) is 3. The van der Waals surface area contributed by atoms with E-state index in [0.717, 1.165) is 0 Å². The molecule has 0 radical (unpaired) electrons. The SMILES string of the molecule is C[C@@H]1Oc2ccc(C(=O)[C@@H](C)Cl)cc2N(C)C1=O. The average molecular weight is 268 g/mol. The molecule has 5 heteroatoms. The van der Waals surface area contributed by atoms with Gasteiger partial charge in [-0.2, -0.15) is 0 Å². The van der Waals surface area contributed by atoms with Gasteiger partial charge in [0.1, 0.15) is 5.75 Å². The second kappa shape index (κ2) is 4.61. The van der Waals surface area contributed by atoms with Gasteiger partial charge in [-0.25, -0.2) is 0 Å². The first-order valence-corrected chi connectivity index (χ1v) is 6.12. The van der Waals surface area contributed by atoms with E-state index in [2.05, 4.69) is 0 Å². The average Bonchev–Trinajstić information content (AvgIpc) is 2.35. The highest BCUT2D eigenvalue weighted by Crippen LogP contribution is 2.34. The van der Waals surface area contributed by atoms with Crippen LogP contribution in [0.3, 0.4) is 0 Å². The molecule has 1 aromatic rings. The Morgan fingerprint density at radius 2 is 2.17 bits per heavy atom. The fourth-order valence-corrected chi connectivity index (χ4v) is 2.02. The van der Waals surface area contributed by atoms with E-state index in [-0.39, 0.29) is 11.7 Å². The van der Waals surface area contributed by atoms with Crippen molar-refractivity contribution in [1.29, 1.82) is 0 Å². The fraction of sp³-hybridized carbons (Fsp3) is 0.385. The molecule has 0 spiro atoms. The number of benzene rings is 1. The highest BCUT2D eigenvalue weighted by molar-refractivity contribution is 6.33. The van der Waals surface area contributed by atoms with E-state index < -0.39 is 11.5 Å². The normalized spacial score (nSPS) is 20.1. The van der Waals surface area contributed by atoms with Crippen LogP contribution in [0.25, 0.3) is 0 Å². The van der Waals surface area contributed by atoms with Gasteiger partial charge in [-0.05, 0) is 32.0 Å². The number of fused-ring (bicyclic) bond motifs is 1. The third-order valence-corrected chi connectivity index (χ3v) is 3.15. The highest BCUT2D eigenvalue weighted by atomic mass is 35.5. The van der Waals surface area contributed by atoms with Crippen LogP contribution in [0.15, 0.2) is 18.2 Å². The molecular weight excluding hydrogens is 254 g/mol. The summed E-state index contributed by atoms with van der Waals surface area (Å²) in [5.74, 6) is 0.299. The maximum absolute atomic E-state index is 11.8. The van der Waals surface area contributed by atoms with Crippen LogP contribution in [0.5, 0.6) is 5.75 Å². The van der Waals surface area contributed by atoms with Gasteiger partial charge in [0.05, 0.1) is 11.1 Å². The zero-order valence-electron chi connectivity index (χ0n) is 10.4. The predicted octanol–water partition coefficient (Wildman–Crippen LogP) is 2.24. The molecule has 0 unspecified atom stereocenters. The van der Waals surface area contributed by atoms with Gasteiger partial charge in [-0.3, -0.25) is 9.59 Å². The zero-order chi connectivity index (χ0) is 13.4. The largest absolute Gasteiger partial charge is 0.479 e. The number of carbonyl (C=O) groups is 2. The molecule has 0 aliphatic carbocycles. The van der Waals surface area contributed by atoms with Crippen LogP contribution in [0, 0.1) is 0 Å². The summed E-state index contributed by atoms with van der Waals surface area (Å²) in [6.45, 7) is 3.32. The molecule has 2 atom stereocenters. The van der Waals surface area contributed by atoms with Gasteiger partial charge in [-0.15, -0.1) is 11.6 Å². The Morgan fingerprint density at radius 3 is 2.78 bits per heavy atom. The van der Waals surface area contributed by atoms with Crippen molar-refractivity contribution >= 4 is 29.0 Å². The van der Waals surface area contributed by atoms with Crippen LogP contribution in [0.1, 0.15) is 24.2 Å². The molecule has 0 bridgehead atoms. The number of ether oxygens (including phenoxy) is 1. The molecule has 1 aromatic carbocycles. The number of likely N-dealkylation sites (N-methyl/N-ethyl adjacent to an activating group) is 1. The van der Waals surface area contributed by atoms with E-state index in [9.17, 15) is 9.59 Å².